The fraction of sp³-hybridized carbons (Fsp3) is 0.0357. The molecule has 38 heavy (non-hydrogen) atoms. The van der Waals surface area contributed by atoms with Crippen LogP contribution in [0.5, 0.6) is 11.5 Å². The van der Waals surface area contributed by atoms with E-state index in [1.165, 1.54) is 18.5 Å². The molecule has 5 aromatic rings. The first-order chi connectivity index (χ1) is 18.4. The smallest absolute Gasteiger partial charge is 0.379 e. The molecular formula is C28H19BrClN3O5. The van der Waals surface area contributed by atoms with Crippen LogP contribution < -0.4 is 14.9 Å². The molecule has 2 N–H and O–H groups in total. The zero-order valence-corrected chi connectivity index (χ0v) is 22.2. The quantitative estimate of drug-likeness (QED) is 0.0932. The van der Waals surface area contributed by atoms with E-state index in [-0.39, 0.29) is 17.2 Å². The second kappa shape index (κ2) is 11.0. The first-order valence-corrected chi connectivity index (χ1v) is 12.4. The summed E-state index contributed by atoms with van der Waals surface area (Å²) in [6, 6.07) is 20.8. The van der Waals surface area contributed by atoms with Gasteiger partial charge in [-0.1, -0.05) is 45.7 Å². The van der Waals surface area contributed by atoms with E-state index < -0.39 is 11.9 Å². The Morgan fingerprint density at radius 3 is 2.68 bits per heavy atom. The Morgan fingerprint density at radius 2 is 1.92 bits per heavy atom. The predicted molar refractivity (Wildman–Crippen MR) is 148 cm³/mol. The molecule has 0 fully saturated rings. The summed E-state index contributed by atoms with van der Waals surface area (Å²) in [6.45, 7) is 0. The number of carbonyl (C=O) groups excluding carboxylic acids is 2. The van der Waals surface area contributed by atoms with Crippen LogP contribution in [0.1, 0.15) is 26.6 Å². The van der Waals surface area contributed by atoms with E-state index in [4.69, 9.17) is 25.5 Å². The van der Waals surface area contributed by atoms with Gasteiger partial charge in [0.15, 0.2) is 0 Å². The molecule has 0 aliphatic heterocycles. The molecular weight excluding hydrogens is 574 g/mol. The van der Waals surface area contributed by atoms with Gasteiger partial charge in [0.25, 0.3) is 5.91 Å². The largest absolute Gasteiger partial charge is 0.497 e. The van der Waals surface area contributed by atoms with E-state index in [0.29, 0.717) is 27.5 Å². The van der Waals surface area contributed by atoms with Gasteiger partial charge in [-0.05, 0) is 54.6 Å². The van der Waals surface area contributed by atoms with Crippen molar-refractivity contribution in [1.29, 1.82) is 0 Å². The van der Waals surface area contributed by atoms with E-state index in [2.05, 4.69) is 31.4 Å². The molecule has 3 aromatic carbocycles. The third-order valence-corrected chi connectivity index (χ3v) is 6.47. The Bertz CT molecular complexity index is 1680. The minimum absolute atomic E-state index is 0.0617. The predicted octanol–water partition coefficient (Wildman–Crippen LogP) is 6.84. The van der Waals surface area contributed by atoms with Crippen molar-refractivity contribution in [2.45, 2.75) is 0 Å². The number of aromatic nitrogens is 1. The third-order valence-electron chi connectivity index (χ3n) is 5.64. The Labute approximate surface area is 230 Å². The highest BCUT2D eigenvalue weighted by atomic mass is 79.9. The van der Waals surface area contributed by atoms with Crippen molar-refractivity contribution in [3.05, 3.63) is 106 Å². The van der Waals surface area contributed by atoms with Crippen LogP contribution in [-0.4, -0.2) is 30.2 Å². The van der Waals surface area contributed by atoms with Crippen LogP contribution in [0.15, 0.2) is 93.1 Å². The summed E-state index contributed by atoms with van der Waals surface area (Å²) in [6.07, 6.45) is 2.77. The maximum Gasteiger partial charge on any atom is 0.379 e. The number of hydrazone groups is 1. The fourth-order valence-electron chi connectivity index (χ4n) is 3.89. The zero-order chi connectivity index (χ0) is 26.6. The summed E-state index contributed by atoms with van der Waals surface area (Å²) in [5.41, 5.74) is 5.30. The maximum atomic E-state index is 13.3. The molecule has 10 heteroatoms. The van der Waals surface area contributed by atoms with E-state index in [0.717, 1.165) is 15.4 Å². The Balaban J connectivity index is 1.45. The van der Waals surface area contributed by atoms with Crippen LogP contribution in [-0.2, 0) is 0 Å². The first kappa shape index (κ1) is 25.3. The van der Waals surface area contributed by atoms with Gasteiger partial charge in [-0.25, -0.2) is 10.2 Å². The van der Waals surface area contributed by atoms with Crippen molar-refractivity contribution < 1.29 is 23.5 Å². The molecule has 0 bridgehead atoms. The van der Waals surface area contributed by atoms with Gasteiger partial charge < -0.3 is 18.9 Å². The molecule has 5 rings (SSSR count). The maximum absolute atomic E-state index is 13.3. The molecule has 2 aromatic heterocycles. The lowest BCUT2D eigenvalue weighted by Gasteiger charge is -2.08. The average molecular weight is 593 g/mol. The highest BCUT2D eigenvalue weighted by Crippen LogP contribution is 2.38. The lowest BCUT2D eigenvalue weighted by atomic mass is 10.0. The van der Waals surface area contributed by atoms with Gasteiger partial charge in [0.1, 0.15) is 17.2 Å². The number of benzene rings is 3. The highest BCUT2D eigenvalue weighted by Gasteiger charge is 2.21. The lowest BCUT2D eigenvalue weighted by molar-refractivity contribution is 0.0700. The van der Waals surface area contributed by atoms with Crippen molar-refractivity contribution in [2.75, 3.05) is 7.11 Å². The average Bonchev–Trinajstić information content (AvgIpc) is 3.59. The number of rotatable bonds is 7. The standard InChI is InChI=1S/C28H19BrClN3O5/c1-36-18-9-10-22-20(14-18)25(19-5-2-3-6-21(19)30)26(32-22)27(34)33-31-15-16-13-17(29)8-11-23(16)38-28(35)24-7-4-12-37-24/h2-15,32H,1H3,(H,33,34). The number of furan rings is 1. The van der Waals surface area contributed by atoms with Crippen molar-refractivity contribution in [2.24, 2.45) is 5.10 Å². The van der Waals surface area contributed by atoms with Gasteiger partial charge in [-0.15, -0.1) is 0 Å². The number of halogens is 2. The number of H-pyrrole nitrogens is 1. The summed E-state index contributed by atoms with van der Waals surface area (Å²) >= 11 is 9.90. The zero-order valence-electron chi connectivity index (χ0n) is 19.8. The monoisotopic (exact) mass is 591 g/mol. The van der Waals surface area contributed by atoms with Gasteiger partial charge in [-0.2, -0.15) is 5.10 Å². The molecule has 0 atom stereocenters. The van der Waals surface area contributed by atoms with Crippen LogP contribution >= 0.6 is 27.5 Å². The molecule has 0 saturated heterocycles. The second-order valence-electron chi connectivity index (χ2n) is 8.01. The van der Waals surface area contributed by atoms with Crippen LogP contribution in [0.2, 0.25) is 5.02 Å². The minimum atomic E-state index is -0.658. The van der Waals surface area contributed by atoms with Crippen molar-refractivity contribution in [3.63, 3.8) is 0 Å². The van der Waals surface area contributed by atoms with E-state index in [1.807, 2.05) is 30.3 Å². The Kier molecular flexibility index (Phi) is 7.30. The molecule has 0 unspecified atom stereocenters. The highest BCUT2D eigenvalue weighted by molar-refractivity contribution is 9.10. The number of nitrogens with one attached hydrogen (secondary N) is 2. The number of esters is 1. The fourth-order valence-corrected chi connectivity index (χ4v) is 4.50. The number of aromatic amines is 1. The van der Waals surface area contributed by atoms with Crippen molar-refractivity contribution in [3.8, 4) is 22.6 Å². The van der Waals surface area contributed by atoms with Crippen LogP contribution in [0, 0.1) is 0 Å². The number of carbonyl (C=O) groups is 2. The number of nitrogens with zero attached hydrogens (tertiary/aromatic N) is 1. The minimum Gasteiger partial charge on any atom is -0.497 e. The van der Waals surface area contributed by atoms with Crippen molar-refractivity contribution in [1.82, 2.24) is 10.4 Å². The van der Waals surface area contributed by atoms with Gasteiger partial charge in [0.05, 0.1) is 19.6 Å². The summed E-state index contributed by atoms with van der Waals surface area (Å²) < 4.78 is 16.7. The first-order valence-electron chi connectivity index (χ1n) is 11.3. The number of hydrogen-bond acceptors (Lipinski definition) is 6. The molecule has 2 heterocycles. The Hall–Kier alpha value is -4.34. The molecule has 0 aliphatic carbocycles. The third kappa shape index (κ3) is 5.20. The molecule has 1 amide bonds. The summed E-state index contributed by atoms with van der Waals surface area (Å²) in [4.78, 5) is 28.8. The SMILES string of the molecule is COc1ccc2[nH]c(C(=O)NN=Cc3cc(Br)ccc3OC(=O)c3ccco3)c(-c3ccccc3Cl)c2c1. The molecule has 190 valence electrons. The lowest BCUT2D eigenvalue weighted by Crippen LogP contribution is -2.19. The van der Waals surface area contributed by atoms with Gasteiger partial charge in [0, 0.05) is 37.1 Å². The number of ether oxygens (including phenoxy) is 2. The summed E-state index contributed by atoms with van der Waals surface area (Å²) in [7, 11) is 1.58. The van der Waals surface area contributed by atoms with E-state index in [9.17, 15) is 9.59 Å². The number of methoxy groups -OCH3 is 1. The number of fused-ring (bicyclic) bond motifs is 1. The number of amides is 1. The number of hydrogen-bond donors (Lipinski definition) is 2. The van der Waals surface area contributed by atoms with Crippen LogP contribution in [0.3, 0.4) is 0 Å². The van der Waals surface area contributed by atoms with E-state index >= 15 is 0 Å². The van der Waals surface area contributed by atoms with Gasteiger partial charge in [0.2, 0.25) is 5.76 Å². The van der Waals surface area contributed by atoms with Gasteiger partial charge >= 0.3 is 5.97 Å². The Morgan fingerprint density at radius 1 is 1.08 bits per heavy atom. The van der Waals surface area contributed by atoms with E-state index in [1.54, 1.807) is 43.5 Å². The topological polar surface area (TPSA) is 106 Å². The molecule has 0 spiro atoms. The molecule has 0 aliphatic rings. The summed E-state index contributed by atoms with van der Waals surface area (Å²) in [5.74, 6) is -0.209. The second-order valence-corrected chi connectivity index (χ2v) is 9.34. The van der Waals surface area contributed by atoms with Crippen molar-refractivity contribution >= 4 is 56.5 Å². The van der Waals surface area contributed by atoms with Gasteiger partial charge in [-0.3, -0.25) is 4.79 Å². The van der Waals surface area contributed by atoms with Crippen LogP contribution in [0.4, 0.5) is 0 Å². The molecule has 8 nitrogen and oxygen atoms in total. The summed E-state index contributed by atoms with van der Waals surface area (Å²) in [5, 5.41) is 5.37. The molecule has 0 saturated carbocycles. The normalized spacial score (nSPS) is 11.1. The molecule has 0 radical (unpaired) electrons. The van der Waals surface area contributed by atoms with Crippen LogP contribution in [0.25, 0.3) is 22.0 Å².